The van der Waals surface area contributed by atoms with Gasteiger partial charge in [-0.2, -0.15) is 0 Å². The van der Waals surface area contributed by atoms with E-state index in [4.69, 9.17) is 4.74 Å². The molecule has 0 aliphatic carbocycles. The molecule has 0 unspecified atom stereocenters. The van der Waals surface area contributed by atoms with Crippen molar-refractivity contribution in [3.63, 3.8) is 0 Å². The van der Waals surface area contributed by atoms with Gasteiger partial charge in [0.25, 0.3) is 5.69 Å². The van der Waals surface area contributed by atoms with E-state index in [1.54, 1.807) is 12.1 Å². The molecule has 0 aliphatic rings. The normalized spacial score (nSPS) is 11.1. The Bertz CT molecular complexity index is 677. The first kappa shape index (κ1) is 17.7. The van der Waals surface area contributed by atoms with Crippen LogP contribution in [0.2, 0.25) is 0 Å². The van der Waals surface area contributed by atoms with Crippen LogP contribution in [0.15, 0.2) is 48.5 Å². The summed E-state index contributed by atoms with van der Waals surface area (Å²) in [5.74, 6) is 0.862. The van der Waals surface area contributed by atoms with Crippen molar-refractivity contribution in [2.45, 2.75) is 6.42 Å². The SMILES string of the molecule is CN(C)CCCOc1ccc(/C=C/c2ccc([N+](=O)[O-])cc2)cc1. The topological polar surface area (TPSA) is 55.6 Å². The monoisotopic (exact) mass is 326 g/mol. The van der Waals surface area contributed by atoms with Gasteiger partial charge in [0.15, 0.2) is 0 Å². The molecule has 0 atom stereocenters. The molecule has 0 aromatic heterocycles. The van der Waals surface area contributed by atoms with Crippen LogP contribution in [0.5, 0.6) is 5.75 Å². The molecule has 2 aromatic carbocycles. The van der Waals surface area contributed by atoms with Crippen LogP contribution in [-0.4, -0.2) is 37.1 Å². The Morgan fingerprint density at radius 3 is 2.04 bits per heavy atom. The molecule has 0 spiro atoms. The van der Waals surface area contributed by atoms with Crippen molar-refractivity contribution in [1.29, 1.82) is 0 Å². The van der Waals surface area contributed by atoms with Gasteiger partial charge in [-0.05, 0) is 55.9 Å². The lowest BCUT2D eigenvalue weighted by atomic mass is 10.1. The van der Waals surface area contributed by atoms with E-state index in [1.165, 1.54) is 12.1 Å². The summed E-state index contributed by atoms with van der Waals surface area (Å²) in [4.78, 5) is 12.4. The van der Waals surface area contributed by atoms with Crippen molar-refractivity contribution in [1.82, 2.24) is 4.90 Å². The highest BCUT2D eigenvalue weighted by molar-refractivity contribution is 5.70. The number of nitrogens with zero attached hydrogens (tertiary/aromatic N) is 2. The summed E-state index contributed by atoms with van der Waals surface area (Å²) < 4.78 is 5.70. The van der Waals surface area contributed by atoms with Gasteiger partial charge in [-0.15, -0.1) is 0 Å². The second kappa shape index (κ2) is 8.84. The fourth-order valence-corrected chi connectivity index (χ4v) is 2.15. The first-order valence-corrected chi connectivity index (χ1v) is 7.85. The number of benzene rings is 2. The van der Waals surface area contributed by atoms with Gasteiger partial charge in [-0.3, -0.25) is 10.1 Å². The molecule has 0 radical (unpaired) electrons. The van der Waals surface area contributed by atoms with Crippen molar-refractivity contribution < 1.29 is 9.66 Å². The molecule has 0 heterocycles. The fourth-order valence-electron chi connectivity index (χ4n) is 2.15. The first-order valence-electron chi connectivity index (χ1n) is 7.85. The Morgan fingerprint density at radius 1 is 1.00 bits per heavy atom. The minimum absolute atomic E-state index is 0.0999. The summed E-state index contributed by atoms with van der Waals surface area (Å²) in [6.45, 7) is 1.71. The molecule has 0 N–H and O–H groups in total. The average Bonchev–Trinajstić information content (AvgIpc) is 2.58. The van der Waals surface area contributed by atoms with E-state index in [2.05, 4.69) is 4.90 Å². The second-order valence-corrected chi connectivity index (χ2v) is 5.76. The van der Waals surface area contributed by atoms with Crippen LogP contribution in [0.1, 0.15) is 17.5 Å². The van der Waals surface area contributed by atoms with E-state index in [-0.39, 0.29) is 5.69 Å². The molecule has 0 fully saturated rings. The molecule has 0 saturated carbocycles. The van der Waals surface area contributed by atoms with Gasteiger partial charge in [0, 0.05) is 18.7 Å². The zero-order chi connectivity index (χ0) is 17.4. The average molecular weight is 326 g/mol. The second-order valence-electron chi connectivity index (χ2n) is 5.76. The van der Waals surface area contributed by atoms with Gasteiger partial charge >= 0.3 is 0 Å². The number of hydrogen-bond donors (Lipinski definition) is 0. The maximum absolute atomic E-state index is 10.6. The Kier molecular flexibility index (Phi) is 6.51. The third-order valence-corrected chi connectivity index (χ3v) is 3.47. The molecule has 126 valence electrons. The van der Waals surface area contributed by atoms with Gasteiger partial charge in [0.05, 0.1) is 11.5 Å². The predicted octanol–water partition coefficient (Wildman–Crippen LogP) is 4.10. The first-order chi connectivity index (χ1) is 11.5. The van der Waals surface area contributed by atoms with E-state index in [9.17, 15) is 10.1 Å². The zero-order valence-electron chi connectivity index (χ0n) is 14.0. The highest BCUT2D eigenvalue weighted by Crippen LogP contribution is 2.16. The zero-order valence-corrected chi connectivity index (χ0v) is 14.0. The molecule has 0 aliphatic heterocycles. The highest BCUT2D eigenvalue weighted by Gasteiger charge is 2.02. The number of rotatable bonds is 8. The van der Waals surface area contributed by atoms with E-state index >= 15 is 0 Å². The van der Waals surface area contributed by atoms with Crippen molar-refractivity contribution >= 4 is 17.8 Å². The minimum Gasteiger partial charge on any atom is -0.494 e. The predicted molar refractivity (Wildman–Crippen MR) is 97.1 cm³/mol. The Hall–Kier alpha value is -2.66. The lowest BCUT2D eigenvalue weighted by Crippen LogP contribution is -2.15. The largest absolute Gasteiger partial charge is 0.494 e. The number of ether oxygens (including phenoxy) is 1. The summed E-state index contributed by atoms with van der Waals surface area (Å²) >= 11 is 0. The molecule has 2 rings (SSSR count). The molecule has 24 heavy (non-hydrogen) atoms. The highest BCUT2D eigenvalue weighted by atomic mass is 16.6. The quantitative estimate of drug-likeness (QED) is 0.317. The number of nitro benzene ring substituents is 1. The van der Waals surface area contributed by atoms with Crippen LogP contribution < -0.4 is 4.74 Å². The maximum atomic E-state index is 10.6. The van der Waals surface area contributed by atoms with E-state index < -0.39 is 4.92 Å². The lowest BCUT2D eigenvalue weighted by molar-refractivity contribution is -0.384. The van der Waals surface area contributed by atoms with Crippen molar-refractivity contribution in [2.75, 3.05) is 27.2 Å². The number of nitro groups is 1. The summed E-state index contributed by atoms with van der Waals surface area (Å²) in [7, 11) is 4.10. The maximum Gasteiger partial charge on any atom is 0.269 e. The van der Waals surface area contributed by atoms with Gasteiger partial charge in [0.1, 0.15) is 5.75 Å². The molecule has 0 bridgehead atoms. The van der Waals surface area contributed by atoms with Crippen molar-refractivity contribution in [3.8, 4) is 5.75 Å². The minimum atomic E-state index is -0.398. The molecule has 0 saturated heterocycles. The summed E-state index contributed by atoms with van der Waals surface area (Å²) in [6.07, 6.45) is 4.89. The van der Waals surface area contributed by atoms with Gasteiger partial charge in [-0.1, -0.05) is 24.3 Å². The fraction of sp³-hybridized carbons (Fsp3) is 0.263. The Morgan fingerprint density at radius 2 is 1.54 bits per heavy atom. The molecule has 5 heteroatoms. The Labute approximate surface area is 142 Å². The number of hydrogen-bond acceptors (Lipinski definition) is 4. The molecule has 0 amide bonds. The molecule has 2 aromatic rings. The summed E-state index contributed by atoms with van der Waals surface area (Å²) in [6, 6.07) is 14.4. The summed E-state index contributed by atoms with van der Waals surface area (Å²) in [5, 5.41) is 10.6. The van der Waals surface area contributed by atoms with E-state index in [0.29, 0.717) is 6.61 Å². The van der Waals surface area contributed by atoms with Crippen LogP contribution in [0, 0.1) is 10.1 Å². The van der Waals surface area contributed by atoms with Crippen LogP contribution >= 0.6 is 0 Å². The third-order valence-electron chi connectivity index (χ3n) is 3.47. The van der Waals surface area contributed by atoms with Crippen LogP contribution in [0.4, 0.5) is 5.69 Å². The smallest absolute Gasteiger partial charge is 0.269 e. The van der Waals surface area contributed by atoms with Gasteiger partial charge < -0.3 is 9.64 Å². The van der Waals surface area contributed by atoms with Gasteiger partial charge in [0.2, 0.25) is 0 Å². The number of non-ortho nitro benzene ring substituents is 1. The van der Waals surface area contributed by atoms with Gasteiger partial charge in [-0.25, -0.2) is 0 Å². The van der Waals surface area contributed by atoms with Crippen molar-refractivity contribution in [3.05, 3.63) is 69.8 Å². The van der Waals surface area contributed by atoms with E-state index in [0.717, 1.165) is 29.8 Å². The lowest BCUT2D eigenvalue weighted by Gasteiger charge is -2.10. The standard InChI is InChI=1S/C19H22N2O3/c1-20(2)14-3-15-24-19-12-8-17(9-13-19)5-4-16-6-10-18(11-7-16)21(22)23/h4-13H,3,14-15H2,1-2H3/b5-4+. The molecular formula is C19H22N2O3. The molecular weight excluding hydrogens is 304 g/mol. The molecule has 5 nitrogen and oxygen atoms in total. The van der Waals surface area contributed by atoms with Crippen LogP contribution in [-0.2, 0) is 0 Å². The van der Waals surface area contributed by atoms with Crippen molar-refractivity contribution in [2.24, 2.45) is 0 Å². The van der Waals surface area contributed by atoms with Crippen LogP contribution in [0.25, 0.3) is 12.2 Å². The van der Waals surface area contributed by atoms with Crippen LogP contribution in [0.3, 0.4) is 0 Å². The van der Waals surface area contributed by atoms with E-state index in [1.807, 2.05) is 50.5 Å². The Balaban J connectivity index is 1.87. The third kappa shape index (κ3) is 5.85. The summed E-state index contributed by atoms with van der Waals surface area (Å²) in [5.41, 5.74) is 2.07.